The Morgan fingerprint density at radius 1 is 1.14 bits per heavy atom. The lowest BCUT2D eigenvalue weighted by atomic mass is 10.1. The summed E-state index contributed by atoms with van der Waals surface area (Å²) in [4.78, 5) is 16.6. The average molecular weight is 378 g/mol. The van der Waals surface area contributed by atoms with Crippen LogP contribution in [0.1, 0.15) is 29.4 Å². The van der Waals surface area contributed by atoms with Crippen LogP contribution in [0.4, 0.5) is 0 Å². The molecular formula is C22H26N4O2. The minimum atomic E-state index is 0.0107. The highest BCUT2D eigenvalue weighted by Gasteiger charge is 2.13. The second-order valence-electron chi connectivity index (χ2n) is 6.60. The highest BCUT2D eigenvalue weighted by molar-refractivity contribution is 5.78. The molecule has 0 saturated heterocycles. The number of hydrogen-bond acceptors (Lipinski definition) is 4. The molecule has 0 spiro atoms. The van der Waals surface area contributed by atoms with E-state index in [0.29, 0.717) is 19.6 Å². The molecule has 0 atom stereocenters. The molecule has 0 aliphatic heterocycles. The maximum Gasteiger partial charge on any atom is 0.224 e. The Morgan fingerprint density at radius 3 is 2.61 bits per heavy atom. The molecule has 1 N–H and O–H groups in total. The molecule has 1 aromatic carbocycles. The lowest BCUT2D eigenvalue weighted by molar-refractivity contribution is -0.120. The summed E-state index contributed by atoms with van der Waals surface area (Å²) in [5, 5.41) is 7.60. The second kappa shape index (κ2) is 9.17. The Labute approximate surface area is 165 Å². The van der Waals surface area contributed by atoms with Crippen LogP contribution in [-0.2, 0) is 17.6 Å². The zero-order valence-corrected chi connectivity index (χ0v) is 16.6. The van der Waals surface area contributed by atoms with Gasteiger partial charge in [0.1, 0.15) is 5.75 Å². The molecule has 0 aliphatic carbocycles. The van der Waals surface area contributed by atoms with Crippen molar-refractivity contribution in [3.8, 4) is 11.6 Å². The van der Waals surface area contributed by atoms with Gasteiger partial charge in [-0.3, -0.25) is 4.79 Å². The predicted molar refractivity (Wildman–Crippen MR) is 109 cm³/mol. The number of pyridine rings is 1. The van der Waals surface area contributed by atoms with Gasteiger partial charge in [0.15, 0.2) is 5.82 Å². The van der Waals surface area contributed by atoms with E-state index in [1.54, 1.807) is 6.20 Å². The van der Waals surface area contributed by atoms with Gasteiger partial charge in [0.05, 0.1) is 18.7 Å². The van der Waals surface area contributed by atoms with Gasteiger partial charge in [0.2, 0.25) is 5.91 Å². The third kappa shape index (κ3) is 4.76. The van der Waals surface area contributed by atoms with Crippen molar-refractivity contribution in [2.24, 2.45) is 0 Å². The standard InChI is InChI=1S/C22H26N4O2/c1-4-28-19-10-8-18(9-11-19)15-22(27)24-14-12-20-16(2)25-26(17(20)3)21-7-5-6-13-23-21/h5-11,13H,4,12,14-15H2,1-3H3,(H,24,27). The highest BCUT2D eigenvalue weighted by atomic mass is 16.5. The predicted octanol–water partition coefficient (Wildman–Crippen LogP) is 3.18. The summed E-state index contributed by atoms with van der Waals surface area (Å²) in [5.41, 5.74) is 4.13. The third-order valence-electron chi connectivity index (χ3n) is 4.60. The van der Waals surface area contributed by atoms with Crippen LogP contribution in [0.25, 0.3) is 5.82 Å². The molecule has 0 bridgehead atoms. The Balaban J connectivity index is 1.55. The minimum Gasteiger partial charge on any atom is -0.494 e. The van der Waals surface area contributed by atoms with Gasteiger partial charge >= 0.3 is 0 Å². The van der Waals surface area contributed by atoms with Crippen LogP contribution in [0.3, 0.4) is 0 Å². The van der Waals surface area contributed by atoms with E-state index < -0.39 is 0 Å². The van der Waals surface area contributed by atoms with Crippen LogP contribution in [0, 0.1) is 13.8 Å². The van der Waals surface area contributed by atoms with Crippen LogP contribution in [0.2, 0.25) is 0 Å². The number of carbonyl (C=O) groups is 1. The number of rotatable bonds is 8. The number of amides is 1. The Bertz CT molecular complexity index is 918. The second-order valence-corrected chi connectivity index (χ2v) is 6.60. The summed E-state index contributed by atoms with van der Waals surface area (Å²) in [6.45, 7) is 7.18. The summed E-state index contributed by atoms with van der Waals surface area (Å²) >= 11 is 0. The van der Waals surface area contributed by atoms with Crippen LogP contribution in [-0.4, -0.2) is 33.8 Å². The number of aromatic nitrogens is 3. The topological polar surface area (TPSA) is 69.0 Å². The van der Waals surface area contributed by atoms with Crippen molar-refractivity contribution in [1.82, 2.24) is 20.1 Å². The lowest BCUT2D eigenvalue weighted by Crippen LogP contribution is -2.27. The van der Waals surface area contributed by atoms with Gasteiger partial charge in [0, 0.05) is 18.4 Å². The number of ether oxygens (including phenoxy) is 1. The lowest BCUT2D eigenvalue weighted by Gasteiger charge is -2.08. The molecule has 6 heteroatoms. The van der Waals surface area contributed by atoms with E-state index in [-0.39, 0.29) is 5.91 Å². The molecule has 3 aromatic rings. The molecule has 2 heterocycles. The first kappa shape index (κ1) is 19.6. The Morgan fingerprint density at radius 2 is 1.93 bits per heavy atom. The smallest absolute Gasteiger partial charge is 0.224 e. The first-order chi connectivity index (χ1) is 13.6. The van der Waals surface area contributed by atoms with E-state index in [1.165, 1.54) is 0 Å². The summed E-state index contributed by atoms with van der Waals surface area (Å²) in [7, 11) is 0. The summed E-state index contributed by atoms with van der Waals surface area (Å²) < 4.78 is 7.28. The number of hydrogen-bond donors (Lipinski definition) is 1. The van der Waals surface area contributed by atoms with Crippen LogP contribution in [0.15, 0.2) is 48.7 Å². The summed E-state index contributed by atoms with van der Waals surface area (Å²) in [6, 6.07) is 13.4. The van der Waals surface area contributed by atoms with Crippen molar-refractivity contribution < 1.29 is 9.53 Å². The number of aryl methyl sites for hydroxylation is 1. The fourth-order valence-electron chi connectivity index (χ4n) is 3.18. The minimum absolute atomic E-state index is 0.0107. The number of carbonyl (C=O) groups excluding carboxylic acids is 1. The molecule has 0 radical (unpaired) electrons. The zero-order valence-electron chi connectivity index (χ0n) is 16.6. The fourth-order valence-corrected chi connectivity index (χ4v) is 3.18. The summed E-state index contributed by atoms with van der Waals surface area (Å²) in [5.74, 6) is 1.63. The van der Waals surface area contributed by atoms with E-state index in [4.69, 9.17) is 4.74 Å². The molecule has 0 unspecified atom stereocenters. The molecule has 0 saturated carbocycles. The molecule has 3 rings (SSSR count). The molecule has 0 aliphatic rings. The van der Waals surface area contributed by atoms with Crippen molar-refractivity contribution in [3.05, 3.63) is 71.2 Å². The van der Waals surface area contributed by atoms with E-state index in [9.17, 15) is 4.79 Å². The van der Waals surface area contributed by atoms with Gasteiger partial charge in [-0.15, -0.1) is 0 Å². The van der Waals surface area contributed by atoms with Crippen LogP contribution < -0.4 is 10.1 Å². The van der Waals surface area contributed by atoms with Gasteiger partial charge < -0.3 is 10.1 Å². The Kier molecular flexibility index (Phi) is 6.42. The number of nitrogens with one attached hydrogen (secondary N) is 1. The molecule has 146 valence electrons. The van der Waals surface area contributed by atoms with E-state index >= 15 is 0 Å². The molecule has 1 amide bonds. The Hall–Kier alpha value is -3.15. The largest absolute Gasteiger partial charge is 0.494 e. The molecule has 0 fully saturated rings. The van der Waals surface area contributed by atoms with E-state index in [2.05, 4.69) is 15.4 Å². The van der Waals surface area contributed by atoms with Gasteiger partial charge in [0.25, 0.3) is 0 Å². The van der Waals surface area contributed by atoms with Crippen LogP contribution >= 0.6 is 0 Å². The maximum atomic E-state index is 12.2. The zero-order chi connectivity index (χ0) is 19.9. The van der Waals surface area contributed by atoms with Crippen molar-refractivity contribution in [3.63, 3.8) is 0 Å². The van der Waals surface area contributed by atoms with E-state index in [1.807, 2.05) is 67.9 Å². The number of nitrogens with zero attached hydrogens (tertiary/aromatic N) is 3. The van der Waals surface area contributed by atoms with Crippen molar-refractivity contribution in [2.45, 2.75) is 33.6 Å². The summed E-state index contributed by atoms with van der Waals surface area (Å²) in [6.07, 6.45) is 2.85. The SMILES string of the molecule is CCOc1ccc(CC(=O)NCCc2c(C)nn(-c3ccccn3)c2C)cc1. The quantitative estimate of drug-likeness (QED) is 0.654. The van der Waals surface area contributed by atoms with Gasteiger partial charge in [-0.1, -0.05) is 18.2 Å². The van der Waals surface area contributed by atoms with Crippen LogP contribution in [0.5, 0.6) is 5.75 Å². The first-order valence-electron chi connectivity index (χ1n) is 9.53. The first-order valence-corrected chi connectivity index (χ1v) is 9.53. The molecule has 6 nitrogen and oxygen atoms in total. The van der Waals surface area contributed by atoms with Crippen molar-refractivity contribution >= 4 is 5.91 Å². The molecule has 28 heavy (non-hydrogen) atoms. The van der Waals surface area contributed by atoms with E-state index in [0.717, 1.165) is 40.5 Å². The van der Waals surface area contributed by atoms with Crippen molar-refractivity contribution in [1.29, 1.82) is 0 Å². The highest BCUT2D eigenvalue weighted by Crippen LogP contribution is 2.17. The maximum absolute atomic E-state index is 12.2. The average Bonchev–Trinajstić information content (AvgIpc) is 2.98. The van der Waals surface area contributed by atoms with Crippen molar-refractivity contribution in [2.75, 3.05) is 13.2 Å². The monoisotopic (exact) mass is 378 g/mol. The normalized spacial score (nSPS) is 10.7. The van der Waals surface area contributed by atoms with Gasteiger partial charge in [-0.2, -0.15) is 5.10 Å². The number of benzene rings is 1. The van der Waals surface area contributed by atoms with Gasteiger partial charge in [-0.25, -0.2) is 9.67 Å². The fraction of sp³-hybridized carbons (Fsp3) is 0.318. The molecule has 2 aromatic heterocycles. The molecular weight excluding hydrogens is 352 g/mol. The van der Waals surface area contributed by atoms with Gasteiger partial charge in [-0.05, 0) is 62.6 Å². The third-order valence-corrected chi connectivity index (χ3v) is 4.60.